The fourth-order valence-electron chi connectivity index (χ4n) is 2.24. The van der Waals surface area contributed by atoms with Crippen molar-refractivity contribution in [3.8, 4) is 5.75 Å². The normalized spacial score (nSPS) is 16.4. The number of rotatable bonds is 5. The van der Waals surface area contributed by atoms with Gasteiger partial charge in [0.2, 0.25) is 0 Å². The quantitative estimate of drug-likeness (QED) is 0.832. The molecule has 0 spiro atoms. The van der Waals surface area contributed by atoms with E-state index in [1.165, 1.54) is 0 Å². The fourth-order valence-corrected chi connectivity index (χ4v) is 2.24. The molecule has 1 aliphatic carbocycles. The van der Waals surface area contributed by atoms with Gasteiger partial charge in [-0.2, -0.15) is 0 Å². The summed E-state index contributed by atoms with van der Waals surface area (Å²) in [5, 5.41) is 7.86. The number of allylic oxidation sites excluding steroid dienone is 2. The molecule has 0 bridgehead atoms. The predicted molar refractivity (Wildman–Crippen MR) is 87.0 cm³/mol. The van der Waals surface area contributed by atoms with E-state index in [1.54, 1.807) is 7.11 Å². The van der Waals surface area contributed by atoms with Gasteiger partial charge in [0.25, 0.3) is 0 Å². The Balaban J connectivity index is 2.21. The standard InChI is InChI=1S/C18H21NO3/c1-3-4-18(20)22-17-10-7-15(19)12-14(17)11-13-5-8-16(21-2)9-6-13/h5-6,8-11,19H,3-4,7,12H2,1-2H3. The molecule has 0 atom stereocenters. The third-order valence-corrected chi connectivity index (χ3v) is 3.39. The minimum Gasteiger partial charge on any atom is -0.497 e. The van der Waals surface area contributed by atoms with Crippen LogP contribution in [0.4, 0.5) is 0 Å². The highest BCUT2D eigenvalue weighted by molar-refractivity contribution is 5.89. The van der Waals surface area contributed by atoms with Crippen LogP contribution < -0.4 is 4.74 Å². The van der Waals surface area contributed by atoms with Crippen molar-refractivity contribution >= 4 is 17.8 Å². The maximum atomic E-state index is 11.7. The highest BCUT2D eigenvalue weighted by Crippen LogP contribution is 2.26. The summed E-state index contributed by atoms with van der Waals surface area (Å²) in [5.74, 6) is 1.16. The number of hydrogen-bond acceptors (Lipinski definition) is 4. The van der Waals surface area contributed by atoms with Crippen LogP contribution in [0.2, 0.25) is 0 Å². The first kappa shape index (κ1) is 16.0. The van der Waals surface area contributed by atoms with E-state index in [1.807, 2.05) is 43.3 Å². The number of ether oxygens (including phenoxy) is 2. The third kappa shape index (κ3) is 4.32. The topological polar surface area (TPSA) is 59.4 Å². The van der Waals surface area contributed by atoms with Crippen LogP contribution in [0.25, 0.3) is 6.08 Å². The van der Waals surface area contributed by atoms with Gasteiger partial charge < -0.3 is 14.9 Å². The summed E-state index contributed by atoms with van der Waals surface area (Å²) in [5.41, 5.74) is 2.48. The molecule has 0 aromatic heterocycles. The molecule has 2 rings (SSSR count). The highest BCUT2D eigenvalue weighted by Gasteiger charge is 2.17. The van der Waals surface area contributed by atoms with Crippen molar-refractivity contribution in [1.29, 1.82) is 5.41 Å². The minimum absolute atomic E-state index is 0.220. The molecular formula is C18H21NO3. The Labute approximate surface area is 130 Å². The second kappa shape index (κ2) is 7.59. The van der Waals surface area contributed by atoms with Crippen LogP contribution >= 0.6 is 0 Å². The lowest BCUT2D eigenvalue weighted by Gasteiger charge is -2.17. The van der Waals surface area contributed by atoms with Crippen molar-refractivity contribution < 1.29 is 14.3 Å². The first-order valence-electron chi connectivity index (χ1n) is 7.44. The van der Waals surface area contributed by atoms with E-state index in [9.17, 15) is 4.79 Å². The maximum absolute atomic E-state index is 11.7. The first-order chi connectivity index (χ1) is 10.6. The van der Waals surface area contributed by atoms with Crippen LogP contribution in [0, 0.1) is 5.41 Å². The largest absolute Gasteiger partial charge is 0.497 e. The van der Waals surface area contributed by atoms with Gasteiger partial charge in [-0.15, -0.1) is 0 Å². The molecule has 1 aromatic carbocycles. The average molecular weight is 299 g/mol. The van der Waals surface area contributed by atoms with E-state index in [2.05, 4.69) is 0 Å². The summed E-state index contributed by atoms with van der Waals surface area (Å²) in [7, 11) is 1.63. The van der Waals surface area contributed by atoms with Gasteiger partial charge in [-0.25, -0.2) is 0 Å². The second-order valence-corrected chi connectivity index (χ2v) is 5.22. The Morgan fingerprint density at radius 3 is 2.68 bits per heavy atom. The maximum Gasteiger partial charge on any atom is 0.311 e. The number of benzene rings is 1. The molecule has 0 radical (unpaired) electrons. The van der Waals surface area contributed by atoms with Gasteiger partial charge >= 0.3 is 5.97 Å². The number of carbonyl (C=O) groups excluding carboxylic acids is 1. The number of carbonyl (C=O) groups is 1. The van der Waals surface area contributed by atoms with E-state index in [0.717, 1.165) is 23.3 Å². The van der Waals surface area contributed by atoms with Crippen LogP contribution in [-0.4, -0.2) is 18.8 Å². The molecule has 116 valence electrons. The summed E-state index contributed by atoms with van der Waals surface area (Å²) in [6.45, 7) is 1.94. The van der Waals surface area contributed by atoms with Gasteiger partial charge in [0.1, 0.15) is 11.5 Å². The van der Waals surface area contributed by atoms with Gasteiger partial charge in [0.15, 0.2) is 0 Å². The summed E-state index contributed by atoms with van der Waals surface area (Å²) in [6, 6.07) is 7.64. The Bertz CT molecular complexity index is 612. The van der Waals surface area contributed by atoms with Crippen molar-refractivity contribution in [3.05, 3.63) is 47.2 Å². The zero-order chi connectivity index (χ0) is 15.9. The number of methoxy groups -OCH3 is 1. The number of esters is 1. The van der Waals surface area contributed by atoms with Crippen molar-refractivity contribution in [2.75, 3.05) is 7.11 Å². The fraction of sp³-hybridized carbons (Fsp3) is 0.333. The molecule has 22 heavy (non-hydrogen) atoms. The summed E-state index contributed by atoms with van der Waals surface area (Å²) < 4.78 is 10.6. The monoisotopic (exact) mass is 299 g/mol. The molecule has 0 amide bonds. The van der Waals surface area contributed by atoms with E-state index in [4.69, 9.17) is 14.9 Å². The Morgan fingerprint density at radius 1 is 1.32 bits per heavy atom. The molecule has 0 unspecified atom stereocenters. The molecule has 0 saturated heterocycles. The Kier molecular flexibility index (Phi) is 5.53. The molecule has 0 fully saturated rings. The van der Waals surface area contributed by atoms with Gasteiger partial charge in [0.05, 0.1) is 7.11 Å². The lowest BCUT2D eigenvalue weighted by atomic mass is 9.96. The summed E-state index contributed by atoms with van der Waals surface area (Å²) >= 11 is 0. The Hall–Kier alpha value is -2.36. The molecule has 4 heteroatoms. The van der Waals surface area contributed by atoms with E-state index in [-0.39, 0.29) is 5.97 Å². The zero-order valence-corrected chi connectivity index (χ0v) is 13.0. The van der Waals surface area contributed by atoms with Crippen LogP contribution in [-0.2, 0) is 9.53 Å². The molecular weight excluding hydrogens is 278 g/mol. The van der Waals surface area contributed by atoms with Crippen molar-refractivity contribution in [3.63, 3.8) is 0 Å². The van der Waals surface area contributed by atoms with Crippen LogP contribution in [0.15, 0.2) is 41.7 Å². The van der Waals surface area contributed by atoms with Crippen LogP contribution in [0.1, 0.15) is 38.2 Å². The van der Waals surface area contributed by atoms with Gasteiger partial charge in [0, 0.05) is 30.5 Å². The number of hydrogen-bond donors (Lipinski definition) is 1. The molecule has 1 aromatic rings. The molecule has 1 aliphatic rings. The SMILES string of the molecule is CCCC(=O)OC1=CCC(=N)CC1=Cc1ccc(OC)cc1. The van der Waals surface area contributed by atoms with E-state index >= 15 is 0 Å². The molecule has 0 saturated carbocycles. The van der Waals surface area contributed by atoms with Crippen LogP contribution in [0.3, 0.4) is 0 Å². The number of nitrogens with one attached hydrogen (secondary N) is 1. The smallest absolute Gasteiger partial charge is 0.311 e. The van der Waals surface area contributed by atoms with Gasteiger partial charge in [-0.3, -0.25) is 4.79 Å². The molecule has 4 nitrogen and oxygen atoms in total. The molecule has 0 aliphatic heterocycles. The Morgan fingerprint density at radius 2 is 2.05 bits per heavy atom. The van der Waals surface area contributed by atoms with E-state index < -0.39 is 0 Å². The minimum atomic E-state index is -0.220. The summed E-state index contributed by atoms with van der Waals surface area (Å²) in [6.07, 6.45) is 5.99. The van der Waals surface area contributed by atoms with Gasteiger partial charge in [-0.1, -0.05) is 19.1 Å². The first-order valence-corrected chi connectivity index (χ1v) is 7.44. The predicted octanol–water partition coefficient (Wildman–Crippen LogP) is 4.12. The van der Waals surface area contributed by atoms with Crippen molar-refractivity contribution in [1.82, 2.24) is 0 Å². The average Bonchev–Trinajstić information content (AvgIpc) is 2.51. The zero-order valence-electron chi connectivity index (χ0n) is 13.0. The molecule has 1 N–H and O–H groups in total. The highest BCUT2D eigenvalue weighted by atomic mass is 16.5. The van der Waals surface area contributed by atoms with Gasteiger partial charge in [-0.05, 0) is 36.3 Å². The molecule has 0 heterocycles. The van der Waals surface area contributed by atoms with Crippen LogP contribution in [0.5, 0.6) is 5.75 Å². The van der Waals surface area contributed by atoms with Crippen molar-refractivity contribution in [2.45, 2.75) is 32.6 Å². The second-order valence-electron chi connectivity index (χ2n) is 5.22. The van der Waals surface area contributed by atoms with E-state index in [0.29, 0.717) is 30.7 Å². The van der Waals surface area contributed by atoms with Crippen molar-refractivity contribution in [2.24, 2.45) is 0 Å². The lowest BCUT2D eigenvalue weighted by molar-refractivity contribution is -0.139. The third-order valence-electron chi connectivity index (χ3n) is 3.39. The lowest BCUT2D eigenvalue weighted by Crippen LogP contribution is -2.12. The summed E-state index contributed by atoms with van der Waals surface area (Å²) in [4.78, 5) is 11.7.